The van der Waals surface area contributed by atoms with Crippen molar-refractivity contribution in [3.05, 3.63) is 0 Å². The maximum Gasteiger partial charge on any atom is 0.323 e. The molecule has 4 atom stereocenters. The quantitative estimate of drug-likeness (QED) is 0.365. The molecule has 4 rings (SSSR count). The minimum atomic E-state index is -3.77. The molecule has 4 aliphatic carbocycles. The fraction of sp³-hybridized carbons (Fsp3) is 0.931. The molecule has 0 heterocycles. The topological polar surface area (TPSA) is 87.5 Å². The van der Waals surface area contributed by atoms with Crippen molar-refractivity contribution in [1.82, 2.24) is 4.31 Å². The fourth-order valence-electron chi connectivity index (χ4n) is 8.19. The van der Waals surface area contributed by atoms with Crippen molar-refractivity contribution in [2.75, 3.05) is 0 Å². The second-order valence-electron chi connectivity index (χ2n) is 13.9. The smallest absolute Gasteiger partial charge is 0.323 e. The molecule has 6 nitrogen and oxygen atoms in total. The first-order valence-corrected chi connectivity index (χ1v) is 15.9. The lowest BCUT2D eigenvalue weighted by molar-refractivity contribution is -0.155. The van der Waals surface area contributed by atoms with E-state index < -0.39 is 38.2 Å². The molecule has 2 bridgehead atoms. The van der Waals surface area contributed by atoms with Crippen LogP contribution in [0, 0.1) is 34.0 Å². The Morgan fingerprint density at radius 1 is 1.00 bits per heavy atom. The number of nitriles is 1. The van der Waals surface area contributed by atoms with Crippen LogP contribution in [0.4, 0.5) is 0 Å². The van der Waals surface area contributed by atoms with E-state index in [4.69, 9.17) is 4.74 Å². The Balaban J connectivity index is 1.71. The highest BCUT2D eigenvalue weighted by Crippen LogP contribution is 2.65. The molecular weight excluding hydrogens is 472 g/mol. The third-order valence-corrected chi connectivity index (χ3v) is 13.2. The molecule has 0 N–H and O–H groups in total. The maximum atomic E-state index is 15.1. The zero-order valence-electron chi connectivity index (χ0n) is 23.2. The standard InChI is InChI=1S/C29H48N2O4S/c1-27(2,3)19-21(20-30)26(32)35-25-18-22-16-17-29(25,28(22,4)5)36(33,34)31(23-12-8-6-9-13-23)24-14-10-7-11-15-24/h21-25H,6-19H2,1-5H3/t21?,22-,25-,29-/m1/s1. The molecule has 4 fully saturated rings. The minimum Gasteiger partial charge on any atom is -0.460 e. The molecule has 0 aromatic carbocycles. The van der Waals surface area contributed by atoms with Crippen LogP contribution in [0.3, 0.4) is 0 Å². The molecule has 7 heteroatoms. The Morgan fingerprint density at radius 2 is 1.53 bits per heavy atom. The van der Waals surface area contributed by atoms with Crippen LogP contribution in [-0.4, -0.2) is 41.6 Å². The first-order chi connectivity index (χ1) is 16.8. The molecule has 0 radical (unpaired) electrons. The number of rotatable bonds is 7. The van der Waals surface area contributed by atoms with Crippen molar-refractivity contribution >= 4 is 16.0 Å². The van der Waals surface area contributed by atoms with Gasteiger partial charge in [-0.1, -0.05) is 73.1 Å². The van der Waals surface area contributed by atoms with Gasteiger partial charge in [0, 0.05) is 12.1 Å². The molecule has 1 unspecified atom stereocenters. The van der Waals surface area contributed by atoms with Gasteiger partial charge in [0.25, 0.3) is 0 Å². The molecule has 4 aliphatic rings. The van der Waals surface area contributed by atoms with Gasteiger partial charge in [-0.3, -0.25) is 4.79 Å². The monoisotopic (exact) mass is 520 g/mol. The van der Waals surface area contributed by atoms with E-state index in [-0.39, 0.29) is 23.4 Å². The van der Waals surface area contributed by atoms with Crippen molar-refractivity contribution in [2.45, 2.75) is 147 Å². The number of hydrogen-bond donors (Lipinski definition) is 0. The minimum absolute atomic E-state index is 0.0563. The third-order valence-electron chi connectivity index (χ3n) is 10.1. The Bertz CT molecular complexity index is 933. The summed E-state index contributed by atoms with van der Waals surface area (Å²) in [6.45, 7) is 10.2. The predicted octanol–water partition coefficient (Wildman–Crippen LogP) is 6.35. The van der Waals surface area contributed by atoms with Gasteiger partial charge >= 0.3 is 5.97 Å². The average molecular weight is 521 g/mol. The summed E-state index contributed by atoms with van der Waals surface area (Å²) in [5.41, 5.74) is -0.680. The van der Waals surface area contributed by atoms with Crippen LogP contribution < -0.4 is 0 Å². The lowest BCUT2D eigenvalue weighted by atomic mass is 9.81. The van der Waals surface area contributed by atoms with Crippen LogP contribution in [0.2, 0.25) is 0 Å². The molecule has 4 saturated carbocycles. The van der Waals surface area contributed by atoms with Crippen LogP contribution in [0.5, 0.6) is 0 Å². The van der Waals surface area contributed by atoms with Gasteiger partial charge in [-0.25, -0.2) is 8.42 Å². The number of carbonyl (C=O) groups excluding carboxylic acids is 1. The highest BCUT2D eigenvalue weighted by molar-refractivity contribution is 7.90. The summed E-state index contributed by atoms with van der Waals surface area (Å²) in [5.74, 6) is -1.22. The first kappa shape index (κ1) is 27.9. The highest BCUT2D eigenvalue weighted by Gasteiger charge is 2.73. The van der Waals surface area contributed by atoms with E-state index in [2.05, 4.69) is 19.9 Å². The Kier molecular flexibility index (Phi) is 7.91. The lowest BCUT2D eigenvalue weighted by Crippen LogP contribution is -2.63. The summed E-state index contributed by atoms with van der Waals surface area (Å²) in [5, 5.41) is 9.74. The van der Waals surface area contributed by atoms with Crippen LogP contribution in [0.25, 0.3) is 0 Å². The van der Waals surface area contributed by atoms with Gasteiger partial charge in [0.1, 0.15) is 16.8 Å². The first-order valence-electron chi connectivity index (χ1n) is 14.5. The number of fused-ring (bicyclic) bond motifs is 2. The van der Waals surface area contributed by atoms with E-state index in [0.717, 1.165) is 57.8 Å². The molecule has 0 aliphatic heterocycles. The van der Waals surface area contributed by atoms with E-state index in [1.807, 2.05) is 25.1 Å². The van der Waals surface area contributed by atoms with Gasteiger partial charge in [0.15, 0.2) is 0 Å². The van der Waals surface area contributed by atoms with Crippen LogP contribution in [-0.2, 0) is 19.6 Å². The van der Waals surface area contributed by atoms with Crippen molar-refractivity contribution in [2.24, 2.45) is 22.7 Å². The van der Waals surface area contributed by atoms with Crippen molar-refractivity contribution in [3.8, 4) is 6.07 Å². The van der Waals surface area contributed by atoms with Crippen LogP contribution in [0.15, 0.2) is 0 Å². The van der Waals surface area contributed by atoms with Gasteiger partial charge < -0.3 is 4.74 Å². The SMILES string of the molecule is CC(C)(C)CC(C#N)C(=O)O[C@@H]1C[C@H]2CC[C@]1(S(=O)(=O)N(C1CCCCC1)C1CCCCC1)C2(C)C. The van der Waals surface area contributed by atoms with Gasteiger partial charge in [0.05, 0.1) is 6.07 Å². The molecule has 0 amide bonds. The van der Waals surface area contributed by atoms with E-state index in [0.29, 0.717) is 19.3 Å². The average Bonchev–Trinajstić information content (AvgIpc) is 3.21. The molecule has 0 aromatic heterocycles. The van der Waals surface area contributed by atoms with E-state index in [9.17, 15) is 10.1 Å². The van der Waals surface area contributed by atoms with Gasteiger partial charge in [-0.05, 0) is 68.1 Å². The lowest BCUT2D eigenvalue weighted by Gasteiger charge is -2.49. The summed E-state index contributed by atoms with van der Waals surface area (Å²) >= 11 is 0. The van der Waals surface area contributed by atoms with Crippen molar-refractivity contribution < 1.29 is 17.9 Å². The van der Waals surface area contributed by atoms with Crippen molar-refractivity contribution in [1.29, 1.82) is 5.26 Å². The van der Waals surface area contributed by atoms with Crippen LogP contribution >= 0.6 is 0 Å². The zero-order valence-corrected chi connectivity index (χ0v) is 24.0. The Labute approximate surface area is 219 Å². The van der Waals surface area contributed by atoms with Crippen molar-refractivity contribution in [3.63, 3.8) is 0 Å². The molecule has 36 heavy (non-hydrogen) atoms. The van der Waals surface area contributed by atoms with Crippen LogP contribution in [0.1, 0.15) is 125 Å². The molecule has 204 valence electrons. The van der Waals surface area contributed by atoms with Gasteiger partial charge in [-0.15, -0.1) is 0 Å². The summed E-state index contributed by atoms with van der Waals surface area (Å²) in [6, 6.07) is 2.25. The molecular formula is C29H48N2O4S. The number of sulfonamides is 1. The number of ether oxygens (including phenoxy) is 1. The molecule has 0 aromatic rings. The number of nitrogens with zero attached hydrogens (tertiary/aromatic N) is 2. The Hall–Kier alpha value is -1.13. The number of carbonyl (C=O) groups is 1. The second kappa shape index (κ2) is 10.2. The normalized spacial score (nSPS) is 32.4. The summed E-state index contributed by atoms with van der Waals surface area (Å²) < 4.78 is 37.1. The van der Waals surface area contributed by atoms with E-state index >= 15 is 8.42 Å². The Morgan fingerprint density at radius 3 is 1.97 bits per heavy atom. The number of esters is 1. The fourth-order valence-corrected chi connectivity index (χ4v) is 11.5. The van der Waals surface area contributed by atoms with E-state index in [1.54, 1.807) is 0 Å². The number of hydrogen-bond acceptors (Lipinski definition) is 5. The summed E-state index contributed by atoms with van der Waals surface area (Å²) in [7, 11) is -3.77. The molecule has 0 saturated heterocycles. The zero-order chi connectivity index (χ0) is 26.4. The highest BCUT2D eigenvalue weighted by atomic mass is 32.2. The van der Waals surface area contributed by atoms with Gasteiger partial charge in [0.2, 0.25) is 10.0 Å². The second-order valence-corrected chi connectivity index (χ2v) is 16.0. The predicted molar refractivity (Wildman–Crippen MR) is 141 cm³/mol. The van der Waals surface area contributed by atoms with E-state index in [1.165, 1.54) is 12.8 Å². The maximum absolute atomic E-state index is 15.1. The molecule has 0 spiro atoms. The van der Waals surface area contributed by atoms with Gasteiger partial charge in [-0.2, -0.15) is 9.57 Å². The largest absolute Gasteiger partial charge is 0.460 e. The summed E-state index contributed by atoms with van der Waals surface area (Å²) in [4.78, 5) is 13.3. The third kappa shape index (κ3) is 4.75. The summed E-state index contributed by atoms with van der Waals surface area (Å²) in [6.07, 6.45) is 12.1.